The molecule has 0 bridgehead atoms. The average molecular weight is 273 g/mol. The van der Waals surface area contributed by atoms with Crippen LogP contribution in [0.2, 0.25) is 0 Å². The molecule has 2 aromatic rings. The van der Waals surface area contributed by atoms with Gasteiger partial charge in [0.25, 0.3) is 0 Å². The predicted octanol–water partition coefficient (Wildman–Crippen LogP) is 4.26. The van der Waals surface area contributed by atoms with E-state index in [1.807, 2.05) is 68.4 Å². The summed E-state index contributed by atoms with van der Waals surface area (Å²) in [6, 6.07) is 18.0. The molecule has 0 radical (unpaired) electrons. The Bertz CT molecular complexity index is 560. The van der Waals surface area contributed by atoms with E-state index in [2.05, 4.69) is 0 Å². The molecule has 0 aliphatic heterocycles. The highest BCUT2D eigenvalue weighted by molar-refractivity contribution is 6.65. The van der Waals surface area contributed by atoms with Crippen molar-refractivity contribution in [3.63, 3.8) is 0 Å². The Morgan fingerprint density at radius 1 is 1.05 bits per heavy atom. The maximum Gasteiger partial charge on any atom is 0.232 e. The third-order valence-corrected chi connectivity index (χ3v) is 3.94. The minimum absolute atomic E-state index is 0.319. The minimum atomic E-state index is -0.684. The number of halogens is 1. The SMILES string of the molecule is Cc1ccc(C(C)(Cc2ccccc2)C(=O)Cl)cc1. The second kappa shape index (κ2) is 5.58. The highest BCUT2D eigenvalue weighted by Crippen LogP contribution is 2.31. The summed E-state index contributed by atoms with van der Waals surface area (Å²) >= 11 is 5.87. The standard InChI is InChI=1S/C17H17ClO/c1-13-8-10-15(11-9-13)17(2,16(18)19)12-14-6-4-3-5-7-14/h3-11H,12H2,1-2H3. The molecular formula is C17H17ClO. The number of benzene rings is 2. The lowest BCUT2D eigenvalue weighted by atomic mass is 9.78. The molecule has 0 amide bonds. The number of aryl methyl sites for hydroxylation is 1. The van der Waals surface area contributed by atoms with Gasteiger partial charge in [-0.1, -0.05) is 60.2 Å². The zero-order valence-corrected chi connectivity index (χ0v) is 11.9. The Labute approximate surface area is 119 Å². The molecule has 19 heavy (non-hydrogen) atoms. The van der Waals surface area contributed by atoms with E-state index < -0.39 is 5.41 Å². The van der Waals surface area contributed by atoms with Crippen LogP contribution in [0.15, 0.2) is 54.6 Å². The molecule has 1 unspecified atom stereocenters. The van der Waals surface area contributed by atoms with Gasteiger partial charge in [0.15, 0.2) is 0 Å². The van der Waals surface area contributed by atoms with Crippen molar-refractivity contribution >= 4 is 16.8 Å². The van der Waals surface area contributed by atoms with Crippen LogP contribution in [0.1, 0.15) is 23.6 Å². The van der Waals surface area contributed by atoms with E-state index in [9.17, 15) is 4.79 Å². The molecule has 0 spiro atoms. The molecular weight excluding hydrogens is 256 g/mol. The summed E-state index contributed by atoms with van der Waals surface area (Å²) in [6.45, 7) is 3.93. The fourth-order valence-corrected chi connectivity index (χ4v) is 2.39. The Kier molecular flexibility index (Phi) is 4.06. The Morgan fingerprint density at radius 2 is 1.63 bits per heavy atom. The molecule has 98 valence electrons. The van der Waals surface area contributed by atoms with Crippen molar-refractivity contribution in [2.45, 2.75) is 25.7 Å². The van der Waals surface area contributed by atoms with Crippen LogP contribution in [0, 0.1) is 6.92 Å². The van der Waals surface area contributed by atoms with Crippen LogP contribution >= 0.6 is 11.6 Å². The van der Waals surface area contributed by atoms with Gasteiger partial charge in [0.05, 0.1) is 5.41 Å². The van der Waals surface area contributed by atoms with Crippen LogP contribution in [0.4, 0.5) is 0 Å². The zero-order chi connectivity index (χ0) is 13.9. The van der Waals surface area contributed by atoms with Gasteiger partial charge in [0, 0.05) is 0 Å². The maximum atomic E-state index is 11.9. The molecule has 1 atom stereocenters. The summed E-state index contributed by atoms with van der Waals surface area (Å²) in [5.74, 6) is 0. The number of hydrogen-bond acceptors (Lipinski definition) is 1. The third-order valence-electron chi connectivity index (χ3n) is 3.52. The van der Waals surface area contributed by atoms with Crippen LogP contribution in [0.5, 0.6) is 0 Å². The summed E-state index contributed by atoms with van der Waals surface area (Å²) in [5.41, 5.74) is 2.56. The van der Waals surface area contributed by atoms with Crippen LogP contribution in [-0.2, 0) is 16.6 Å². The van der Waals surface area contributed by atoms with Crippen molar-refractivity contribution in [2.75, 3.05) is 0 Å². The molecule has 2 aromatic carbocycles. The first-order valence-corrected chi connectivity index (χ1v) is 6.71. The largest absolute Gasteiger partial charge is 0.280 e. The molecule has 0 fully saturated rings. The predicted molar refractivity (Wildman–Crippen MR) is 79.5 cm³/mol. The first-order chi connectivity index (χ1) is 9.02. The second-order valence-electron chi connectivity index (χ2n) is 5.13. The van der Waals surface area contributed by atoms with E-state index in [1.165, 1.54) is 5.56 Å². The van der Waals surface area contributed by atoms with E-state index in [0.717, 1.165) is 11.1 Å². The molecule has 2 rings (SSSR count). The van der Waals surface area contributed by atoms with Gasteiger partial charge >= 0.3 is 0 Å². The van der Waals surface area contributed by atoms with Gasteiger partial charge in [0.1, 0.15) is 0 Å². The molecule has 0 heterocycles. The zero-order valence-electron chi connectivity index (χ0n) is 11.2. The van der Waals surface area contributed by atoms with E-state index >= 15 is 0 Å². The topological polar surface area (TPSA) is 17.1 Å². The van der Waals surface area contributed by atoms with Gasteiger partial charge in [-0.15, -0.1) is 0 Å². The first-order valence-electron chi connectivity index (χ1n) is 6.33. The molecule has 0 saturated carbocycles. The highest BCUT2D eigenvalue weighted by atomic mass is 35.5. The Balaban J connectivity index is 2.38. The molecule has 0 aliphatic rings. The molecule has 2 heteroatoms. The number of rotatable bonds is 4. The van der Waals surface area contributed by atoms with Crippen LogP contribution in [-0.4, -0.2) is 5.24 Å². The van der Waals surface area contributed by atoms with Gasteiger partial charge in [-0.05, 0) is 43.0 Å². The fraction of sp³-hybridized carbons (Fsp3) is 0.235. The quantitative estimate of drug-likeness (QED) is 0.760. The van der Waals surface area contributed by atoms with Crippen molar-refractivity contribution < 1.29 is 4.79 Å². The second-order valence-corrected chi connectivity index (χ2v) is 5.48. The number of hydrogen-bond donors (Lipinski definition) is 0. The minimum Gasteiger partial charge on any atom is -0.280 e. The Morgan fingerprint density at radius 3 is 2.16 bits per heavy atom. The lowest BCUT2D eigenvalue weighted by molar-refractivity contribution is -0.116. The van der Waals surface area contributed by atoms with E-state index in [0.29, 0.717) is 6.42 Å². The van der Waals surface area contributed by atoms with Gasteiger partial charge < -0.3 is 0 Å². The van der Waals surface area contributed by atoms with Crippen LogP contribution in [0.3, 0.4) is 0 Å². The van der Waals surface area contributed by atoms with Crippen LogP contribution in [0.25, 0.3) is 0 Å². The summed E-state index contributed by atoms with van der Waals surface area (Å²) in [4.78, 5) is 11.9. The molecule has 1 nitrogen and oxygen atoms in total. The van der Waals surface area contributed by atoms with Crippen molar-refractivity contribution in [2.24, 2.45) is 0 Å². The molecule has 0 saturated heterocycles. The van der Waals surface area contributed by atoms with Crippen molar-refractivity contribution in [1.29, 1.82) is 0 Å². The first kappa shape index (κ1) is 13.8. The van der Waals surface area contributed by atoms with Gasteiger partial charge in [-0.25, -0.2) is 0 Å². The number of carbonyl (C=O) groups excluding carboxylic acids is 1. The van der Waals surface area contributed by atoms with Gasteiger partial charge in [0.2, 0.25) is 5.24 Å². The lowest BCUT2D eigenvalue weighted by Crippen LogP contribution is -2.31. The monoisotopic (exact) mass is 272 g/mol. The van der Waals surface area contributed by atoms with Gasteiger partial charge in [-0.2, -0.15) is 0 Å². The maximum absolute atomic E-state index is 11.9. The number of carbonyl (C=O) groups is 1. The normalized spacial score (nSPS) is 13.8. The Hall–Kier alpha value is -1.60. The summed E-state index contributed by atoms with van der Waals surface area (Å²) in [5, 5.41) is -0.319. The van der Waals surface area contributed by atoms with E-state index in [4.69, 9.17) is 11.6 Å². The molecule has 0 aliphatic carbocycles. The molecule has 0 N–H and O–H groups in total. The summed E-state index contributed by atoms with van der Waals surface area (Å²) in [6.07, 6.45) is 0.610. The fourth-order valence-electron chi connectivity index (χ4n) is 2.21. The van der Waals surface area contributed by atoms with Gasteiger partial charge in [-0.3, -0.25) is 4.79 Å². The van der Waals surface area contributed by atoms with E-state index in [-0.39, 0.29) is 5.24 Å². The lowest BCUT2D eigenvalue weighted by Gasteiger charge is -2.26. The summed E-state index contributed by atoms with van der Waals surface area (Å²) < 4.78 is 0. The average Bonchev–Trinajstić information content (AvgIpc) is 2.40. The summed E-state index contributed by atoms with van der Waals surface area (Å²) in [7, 11) is 0. The van der Waals surface area contributed by atoms with Crippen molar-refractivity contribution in [3.8, 4) is 0 Å². The molecule has 0 aromatic heterocycles. The van der Waals surface area contributed by atoms with Crippen molar-refractivity contribution in [1.82, 2.24) is 0 Å². The highest BCUT2D eigenvalue weighted by Gasteiger charge is 2.33. The van der Waals surface area contributed by atoms with Crippen LogP contribution < -0.4 is 0 Å². The third kappa shape index (κ3) is 3.05. The smallest absolute Gasteiger partial charge is 0.232 e. The van der Waals surface area contributed by atoms with Crippen molar-refractivity contribution in [3.05, 3.63) is 71.3 Å². The van der Waals surface area contributed by atoms with E-state index in [1.54, 1.807) is 0 Å².